The highest BCUT2D eigenvalue weighted by molar-refractivity contribution is 5.28. The van der Waals surface area contributed by atoms with E-state index in [0.29, 0.717) is 18.6 Å². The van der Waals surface area contributed by atoms with E-state index >= 15 is 0 Å². The molecule has 82 valence electrons. The molecule has 1 saturated heterocycles. The standard InChI is InChI=1S/C11H14FNO2/c12-9-4-2-1-3-8(9)11(13)5-6-15-10(11)7-14/h1-4,10,14H,5-7,13H2/t10-,11?/m0/s1. The van der Waals surface area contributed by atoms with Crippen LogP contribution < -0.4 is 5.73 Å². The van der Waals surface area contributed by atoms with Gasteiger partial charge in [-0.3, -0.25) is 0 Å². The van der Waals surface area contributed by atoms with E-state index < -0.39 is 11.6 Å². The minimum atomic E-state index is -0.903. The second-order valence-electron chi connectivity index (χ2n) is 3.81. The predicted molar refractivity (Wildman–Crippen MR) is 53.7 cm³/mol. The van der Waals surface area contributed by atoms with E-state index in [9.17, 15) is 4.39 Å². The molecule has 0 amide bonds. The van der Waals surface area contributed by atoms with E-state index in [1.54, 1.807) is 18.2 Å². The Bertz CT molecular complexity index is 358. The topological polar surface area (TPSA) is 55.5 Å². The first-order valence-corrected chi connectivity index (χ1v) is 4.95. The number of benzene rings is 1. The molecular weight excluding hydrogens is 197 g/mol. The van der Waals surface area contributed by atoms with Gasteiger partial charge < -0.3 is 15.6 Å². The molecule has 0 saturated carbocycles. The molecule has 0 bridgehead atoms. The van der Waals surface area contributed by atoms with Crippen molar-refractivity contribution < 1.29 is 14.2 Å². The van der Waals surface area contributed by atoms with E-state index in [1.165, 1.54) is 6.07 Å². The molecule has 0 aliphatic carbocycles. The average molecular weight is 211 g/mol. The molecule has 1 aromatic rings. The van der Waals surface area contributed by atoms with Gasteiger partial charge in [0.2, 0.25) is 0 Å². The summed E-state index contributed by atoms with van der Waals surface area (Å²) in [6.45, 7) is 0.265. The van der Waals surface area contributed by atoms with Crippen LogP contribution in [0.25, 0.3) is 0 Å². The van der Waals surface area contributed by atoms with Crippen LogP contribution in [0.2, 0.25) is 0 Å². The number of hydrogen-bond acceptors (Lipinski definition) is 3. The van der Waals surface area contributed by atoms with Gasteiger partial charge in [-0.25, -0.2) is 4.39 Å². The third-order valence-electron chi connectivity index (χ3n) is 2.95. The fourth-order valence-corrected chi connectivity index (χ4v) is 2.04. The van der Waals surface area contributed by atoms with Crippen LogP contribution in [0.3, 0.4) is 0 Å². The largest absolute Gasteiger partial charge is 0.394 e. The third-order valence-corrected chi connectivity index (χ3v) is 2.95. The summed E-state index contributed by atoms with van der Waals surface area (Å²) in [4.78, 5) is 0. The van der Waals surface area contributed by atoms with Crippen molar-refractivity contribution in [1.29, 1.82) is 0 Å². The summed E-state index contributed by atoms with van der Waals surface area (Å²) in [5, 5.41) is 9.13. The Hall–Kier alpha value is -0.970. The maximum Gasteiger partial charge on any atom is 0.128 e. The van der Waals surface area contributed by atoms with Crippen molar-refractivity contribution in [3.05, 3.63) is 35.6 Å². The van der Waals surface area contributed by atoms with E-state index in [4.69, 9.17) is 15.6 Å². The first-order valence-electron chi connectivity index (χ1n) is 4.95. The highest BCUT2D eigenvalue weighted by Crippen LogP contribution is 2.34. The van der Waals surface area contributed by atoms with Gasteiger partial charge >= 0.3 is 0 Å². The van der Waals surface area contributed by atoms with Crippen LogP contribution in [0.4, 0.5) is 4.39 Å². The number of aliphatic hydroxyl groups excluding tert-OH is 1. The van der Waals surface area contributed by atoms with Gasteiger partial charge in [-0.1, -0.05) is 18.2 Å². The molecule has 3 nitrogen and oxygen atoms in total. The van der Waals surface area contributed by atoms with Crippen molar-refractivity contribution in [3.8, 4) is 0 Å². The molecule has 1 unspecified atom stereocenters. The monoisotopic (exact) mass is 211 g/mol. The van der Waals surface area contributed by atoms with Crippen molar-refractivity contribution >= 4 is 0 Å². The lowest BCUT2D eigenvalue weighted by atomic mass is 9.84. The number of rotatable bonds is 2. The van der Waals surface area contributed by atoms with E-state index in [1.807, 2.05) is 0 Å². The molecule has 4 heteroatoms. The third kappa shape index (κ3) is 1.65. The summed E-state index contributed by atoms with van der Waals surface area (Å²) in [6.07, 6.45) is 0.00787. The predicted octanol–water partition coefficient (Wildman–Crippen LogP) is 0.761. The minimum Gasteiger partial charge on any atom is -0.394 e. The molecular formula is C11H14FNO2. The van der Waals surface area contributed by atoms with Crippen molar-refractivity contribution in [3.63, 3.8) is 0 Å². The fourth-order valence-electron chi connectivity index (χ4n) is 2.04. The smallest absolute Gasteiger partial charge is 0.128 e. The molecule has 1 aromatic carbocycles. The van der Waals surface area contributed by atoms with Crippen molar-refractivity contribution in [2.75, 3.05) is 13.2 Å². The Labute approximate surface area is 87.7 Å². The summed E-state index contributed by atoms with van der Waals surface area (Å²) in [5.74, 6) is -0.344. The first-order chi connectivity index (χ1) is 7.18. The van der Waals surface area contributed by atoms with Crippen LogP contribution in [0, 0.1) is 5.82 Å². The molecule has 1 heterocycles. The average Bonchev–Trinajstić information content (AvgIpc) is 2.61. The lowest BCUT2D eigenvalue weighted by Crippen LogP contribution is -2.46. The lowest BCUT2D eigenvalue weighted by Gasteiger charge is -2.29. The number of aliphatic hydroxyl groups is 1. The van der Waals surface area contributed by atoms with E-state index in [-0.39, 0.29) is 12.4 Å². The molecule has 1 aliphatic rings. The van der Waals surface area contributed by atoms with Crippen molar-refractivity contribution in [2.24, 2.45) is 5.73 Å². The summed E-state index contributed by atoms with van der Waals surface area (Å²) >= 11 is 0. The van der Waals surface area contributed by atoms with Crippen LogP contribution in [0.5, 0.6) is 0 Å². The molecule has 2 rings (SSSR count). The fraction of sp³-hybridized carbons (Fsp3) is 0.455. The zero-order chi connectivity index (χ0) is 10.9. The molecule has 1 fully saturated rings. The van der Waals surface area contributed by atoms with Gasteiger partial charge in [0.15, 0.2) is 0 Å². The van der Waals surface area contributed by atoms with Gasteiger partial charge in [0.05, 0.1) is 12.1 Å². The van der Waals surface area contributed by atoms with E-state index in [2.05, 4.69) is 0 Å². The van der Waals surface area contributed by atoms with Gasteiger partial charge in [-0.2, -0.15) is 0 Å². The zero-order valence-corrected chi connectivity index (χ0v) is 8.32. The Morgan fingerprint density at radius 1 is 1.53 bits per heavy atom. The second kappa shape index (κ2) is 3.89. The molecule has 0 aromatic heterocycles. The molecule has 0 radical (unpaired) electrons. The Morgan fingerprint density at radius 3 is 2.93 bits per heavy atom. The van der Waals surface area contributed by atoms with Crippen molar-refractivity contribution in [1.82, 2.24) is 0 Å². The first kappa shape index (κ1) is 10.5. The van der Waals surface area contributed by atoms with Gasteiger partial charge in [-0.15, -0.1) is 0 Å². The maximum atomic E-state index is 13.6. The van der Waals surface area contributed by atoms with Gasteiger partial charge in [0.1, 0.15) is 11.9 Å². The van der Waals surface area contributed by atoms with Gasteiger partial charge in [-0.05, 0) is 12.5 Å². The highest BCUT2D eigenvalue weighted by Gasteiger charge is 2.43. The lowest BCUT2D eigenvalue weighted by molar-refractivity contribution is 0.0295. The van der Waals surface area contributed by atoms with Crippen LogP contribution in [-0.4, -0.2) is 24.4 Å². The van der Waals surface area contributed by atoms with Crippen LogP contribution in [-0.2, 0) is 10.3 Å². The Morgan fingerprint density at radius 2 is 2.27 bits per heavy atom. The van der Waals surface area contributed by atoms with Gasteiger partial charge in [0.25, 0.3) is 0 Å². The summed E-state index contributed by atoms with van der Waals surface area (Å²) in [6, 6.07) is 6.37. The van der Waals surface area contributed by atoms with Crippen LogP contribution in [0.15, 0.2) is 24.3 Å². The normalized spacial score (nSPS) is 30.7. The summed E-state index contributed by atoms with van der Waals surface area (Å²) in [5.41, 5.74) is 5.63. The number of ether oxygens (including phenoxy) is 1. The molecule has 1 aliphatic heterocycles. The molecule has 0 spiro atoms. The molecule has 2 atom stereocenters. The summed E-state index contributed by atoms with van der Waals surface area (Å²) < 4.78 is 18.9. The highest BCUT2D eigenvalue weighted by atomic mass is 19.1. The maximum absolute atomic E-state index is 13.6. The molecule has 15 heavy (non-hydrogen) atoms. The Kier molecular flexibility index (Phi) is 2.73. The number of nitrogens with two attached hydrogens (primary N) is 1. The SMILES string of the molecule is NC1(c2ccccc2F)CCO[C@H]1CO. The van der Waals surface area contributed by atoms with E-state index in [0.717, 1.165) is 0 Å². The Balaban J connectivity index is 2.40. The summed E-state index contributed by atoms with van der Waals surface area (Å²) in [7, 11) is 0. The molecule has 3 N–H and O–H groups in total. The zero-order valence-electron chi connectivity index (χ0n) is 8.32. The van der Waals surface area contributed by atoms with Gasteiger partial charge in [0, 0.05) is 12.2 Å². The van der Waals surface area contributed by atoms with Crippen molar-refractivity contribution in [2.45, 2.75) is 18.1 Å². The number of halogens is 1. The quantitative estimate of drug-likeness (QED) is 0.759. The van der Waals surface area contributed by atoms with Crippen LogP contribution >= 0.6 is 0 Å². The van der Waals surface area contributed by atoms with Crippen LogP contribution in [0.1, 0.15) is 12.0 Å². The number of hydrogen-bond donors (Lipinski definition) is 2. The second-order valence-corrected chi connectivity index (χ2v) is 3.81. The minimum absolute atomic E-state index is 0.190.